The highest BCUT2D eigenvalue weighted by Crippen LogP contribution is 2.28. The second kappa shape index (κ2) is 5.16. The van der Waals surface area contributed by atoms with Crippen LogP contribution in [0.1, 0.15) is 23.2 Å². The van der Waals surface area contributed by atoms with Crippen LogP contribution in [0.15, 0.2) is 18.2 Å². The Bertz CT molecular complexity index is 484. The third-order valence-corrected chi connectivity index (χ3v) is 3.61. The number of benzene rings is 1. The zero-order valence-electron chi connectivity index (χ0n) is 9.40. The van der Waals surface area contributed by atoms with Gasteiger partial charge in [-0.2, -0.15) is 0 Å². The molecule has 6 heteroatoms. The predicted octanol–water partition coefficient (Wildman–Crippen LogP) is 2.68. The van der Waals surface area contributed by atoms with Crippen molar-refractivity contribution in [2.45, 2.75) is 18.9 Å². The van der Waals surface area contributed by atoms with Gasteiger partial charge in [0.1, 0.15) is 6.04 Å². The predicted molar refractivity (Wildman–Crippen MR) is 68.2 cm³/mol. The lowest BCUT2D eigenvalue weighted by molar-refractivity contribution is -0.141. The monoisotopic (exact) mass is 287 g/mol. The van der Waals surface area contributed by atoms with Crippen LogP contribution < -0.4 is 0 Å². The minimum atomic E-state index is -0.996. The number of hydrogen-bond donors (Lipinski definition) is 1. The Morgan fingerprint density at radius 2 is 1.89 bits per heavy atom. The van der Waals surface area contributed by atoms with Gasteiger partial charge in [0.2, 0.25) is 0 Å². The fraction of sp³-hybridized carbons (Fsp3) is 0.333. The largest absolute Gasteiger partial charge is 0.480 e. The summed E-state index contributed by atoms with van der Waals surface area (Å²) in [5, 5.41) is 9.54. The molecule has 0 radical (unpaired) electrons. The molecule has 0 saturated carbocycles. The highest BCUT2D eigenvalue weighted by molar-refractivity contribution is 6.39. The van der Waals surface area contributed by atoms with Crippen LogP contribution in [0.2, 0.25) is 10.0 Å². The molecule has 1 fully saturated rings. The van der Waals surface area contributed by atoms with E-state index in [0.717, 1.165) is 0 Å². The van der Waals surface area contributed by atoms with E-state index in [1.165, 1.54) is 4.90 Å². The summed E-state index contributed by atoms with van der Waals surface area (Å²) in [5.74, 6) is -1.42. The van der Waals surface area contributed by atoms with Gasteiger partial charge >= 0.3 is 5.97 Å². The molecule has 0 bridgehead atoms. The van der Waals surface area contributed by atoms with Gasteiger partial charge in [-0.3, -0.25) is 4.79 Å². The van der Waals surface area contributed by atoms with E-state index in [4.69, 9.17) is 28.3 Å². The van der Waals surface area contributed by atoms with E-state index in [9.17, 15) is 9.59 Å². The Balaban J connectivity index is 2.34. The topological polar surface area (TPSA) is 57.6 Å². The summed E-state index contributed by atoms with van der Waals surface area (Å²) < 4.78 is 0. The van der Waals surface area contributed by atoms with Crippen LogP contribution in [-0.4, -0.2) is 34.5 Å². The first-order valence-corrected chi connectivity index (χ1v) is 6.25. The maximum absolute atomic E-state index is 12.3. The first kappa shape index (κ1) is 13.2. The number of aliphatic carboxylic acids is 1. The molecule has 0 spiro atoms. The van der Waals surface area contributed by atoms with Crippen LogP contribution in [0, 0.1) is 0 Å². The molecule has 1 aliphatic rings. The van der Waals surface area contributed by atoms with Crippen molar-refractivity contribution in [3.05, 3.63) is 33.8 Å². The third kappa shape index (κ3) is 2.31. The molecule has 4 nitrogen and oxygen atoms in total. The summed E-state index contributed by atoms with van der Waals surface area (Å²) in [6.45, 7) is 0.414. The molecule has 1 heterocycles. The Morgan fingerprint density at radius 1 is 1.28 bits per heavy atom. The molecule has 96 valence electrons. The number of hydrogen-bond acceptors (Lipinski definition) is 2. The molecule has 1 atom stereocenters. The molecule has 2 rings (SSSR count). The van der Waals surface area contributed by atoms with Crippen LogP contribution in [0.4, 0.5) is 0 Å². The van der Waals surface area contributed by atoms with E-state index in [1.807, 2.05) is 0 Å². The van der Waals surface area contributed by atoms with Crippen LogP contribution in [0.3, 0.4) is 0 Å². The summed E-state index contributed by atoms with van der Waals surface area (Å²) in [6, 6.07) is 3.98. The molecule has 1 aromatic rings. The van der Waals surface area contributed by atoms with Gasteiger partial charge in [0.25, 0.3) is 5.91 Å². The minimum absolute atomic E-state index is 0.175. The SMILES string of the molecule is O=C(O)C1CCCN1C(=O)c1c(Cl)cccc1Cl. The molecule has 18 heavy (non-hydrogen) atoms. The second-order valence-electron chi connectivity index (χ2n) is 4.09. The van der Waals surface area contributed by atoms with Gasteiger partial charge in [-0.25, -0.2) is 4.79 Å². The first-order chi connectivity index (χ1) is 8.52. The summed E-state index contributed by atoms with van der Waals surface area (Å²) in [6.07, 6.45) is 1.13. The lowest BCUT2D eigenvalue weighted by Gasteiger charge is -2.22. The number of carbonyl (C=O) groups is 2. The Labute approximate surface area is 114 Å². The molecule has 0 aliphatic carbocycles. The van der Waals surface area contributed by atoms with Gasteiger partial charge in [-0.15, -0.1) is 0 Å². The first-order valence-electron chi connectivity index (χ1n) is 5.50. The third-order valence-electron chi connectivity index (χ3n) is 2.98. The van der Waals surface area contributed by atoms with E-state index in [0.29, 0.717) is 19.4 Å². The molecular weight excluding hydrogens is 277 g/mol. The van der Waals surface area contributed by atoms with Crippen molar-refractivity contribution >= 4 is 35.1 Å². The zero-order chi connectivity index (χ0) is 13.3. The molecule has 1 aromatic carbocycles. The molecule has 1 amide bonds. The van der Waals surface area contributed by atoms with Gasteiger partial charge in [-0.05, 0) is 25.0 Å². The number of nitrogens with zero attached hydrogens (tertiary/aromatic N) is 1. The quantitative estimate of drug-likeness (QED) is 0.910. The van der Waals surface area contributed by atoms with Gasteiger partial charge in [0.15, 0.2) is 0 Å². The number of halogens is 2. The maximum atomic E-state index is 12.3. The maximum Gasteiger partial charge on any atom is 0.326 e. The van der Waals surface area contributed by atoms with E-state index in [1.54, 1.807) is 18.2 Å². The van der Waals surface area contributed by atoms with E-state index < -0.39 is 17.9 Å². The summed E-state index contributed by atoms with van der Waals surface area (Å²) in [4.78, 5) is 24.7. The van der Waals surface area contributed by atoms with Crippen molar-refractivity contribution in [2.75, 3.05) is 6.54 Å². The van der Waals surface area contributed by atoms with Crippen LogP contribution in [0.25, 0.3) is 0 Å². The average molecular weight is 288 g/mol. The summed E-state index contributed by atoms with van der Waals surface area (Å²) in [7, 11) is 0. The number of amides is 1. The number of rotatable bonds is 2. The Hall–Kier alpha value is -1.26. The Kier molecular flexibility index (Phi) is 3.78. The standard InChI is InChI=1S/C12H11Cl2NO3/c13-7-3-1-4-8(14)10(7)11(16)15-6-2-5-9(15)12(17)18/h1,3-4,9H,2,5-6H2,(H,17,18). The number of likely N-dealkylation sites (tertiary alicyclic amines) is 1. The second-order valence-corrected chi connectivity index (χ2v) is 4.91. The van der Waals surface area contributed by atoms with Crippen molar-refractivity contribution < 1.29 is 14.7 Å². The average Bonchev–Trinajstić information content (AvgIpc) is 2.77. The molecular formula is C12H11Cl2NO3. The summed E-state index contributed by atoms with van der Waals surface area (Å²) >= 11 is 11.9. The normalized spacial score (nSPS) is 19.0. The molecule has 0 aromatic heterocycles. The van der Waals surface area contributed by atoms with Crippen molar-refractivity contribution in [2.24, 2.45) is 0 Å². The van der Waals surface area contributed by atoms with Crippen molar-refractivity contribution in [3.8, 4) is 0 Å². The smallest absolute Gasteiger partial charge is 0.326 e. The van der Waals surface area contributed by atoms with Crippen molar-refractivity contribution in [3.63, 3.8) is 0 Å². The molecule has 1 aliphatic heterocycles. The van der Waals surface area contributed by atoms with Crippen molar-refractivity contribution in [1.82, 2.24) is 4.90 Å². The van der Waals surface area contributed by atoms with Crippen LogP contribution in [-0.2, 0) is 4.79 Å². The fourth-order valence-corrected chi connectivity index (χ4v) is 2.67. The van der Waals surface area contributed by atoms with Gasteiger partial charge in [0, 0.05) is 6.54 Å². The molecule has 1 N–H and O–H groups in total. The fourth-order valence-electron chi connectivity index (χ4n) is 2.11. The van der Waals surface area contributed by atoms with Gasteiger partial charge < -0.3 is 10.0 Å². The number of carboxylic acid groups (broad SMARTS) is 1. The van der Waals surface area contributed by atoms with Gasteiger partial charge in [0.05, 0.1) is 15.6 Å². The lowest BCUT2D eigenvalue weighted by Crippen LogP contribution is -2.40. The van der Waals surface area contributed by atoms with E-state index in [2.05, 4.69) is 0 Å². The lowest BCUT2D eigenvalue weighted by atomic mass is 10.1. The van der Waals surface area contributed by atoms with Crippen LogP contribution >= 0.6 is 23.2 Å². The highest BCUT2D eigenvalue weighted by atomic mass is 35.5. The minimum Gasteiger partial charge on any atom is -0.480 e. The van der Waals surface area contributed by atoms with E-state index in [-0.39, 0.29) is 15.6 Å². The zero-order valence-corrected chi connectivity index (χ0v) is 10.9. The molecule has 1 saturated heterocycles. The highest BCUT2D eigenvalue weighted by Gasteiger charge is 2.35. The molecule has 1 unspecified atom stereocenters. The Morgan fingerprint density at radius 3 is 2.44 bits per heavy atom. The van der Waals surface area contributed by atoms with Crippen LogP contribution in [0.5, 0.6) is 0 Å². The van der Waals surface area contributed by atoms with Crippen molar-refractivity contribution in [1.29, 1.82) is 0 Å². The number of carbonyl (C=O) groups excluding carboxylic acids is 1. The summed E-state index contributed by atoms with van der Waals surface area (Å²) in [5.41, 5.74) is 0.175. The number of carboxylic acids is 1. The van der Waals surface area contributed by atoms with E-state index >= 15 is 0 Å². The van der Waals surface area contributed by atoms with Gasteiger partial charge in [-0.1, -0.05) is 29.3 Å².